The van der Waals surface area contributed by atoms with Crippen LogP contribution in [0.25, 0.3) is 0 Å². The first kappa shape index (κ1) is 9.70. The van der Waals surface area contributed by atoms with E-state index in [1.54, 1.807) is 0 Å². The van der Waals surface area contributed by atoms with Crippen molar-refractivity contribution < 1.29 is 0 Å². The molecule has 0 heterocycles. The van der Waals surface area contributed by atoms with E-state index in [4.69, 9.17) is 0 Å². The Kier molecular flexibility index (Phi) is 5.32. The van der Waals surface area contributed by atoms with Gasteiger partial charge in [-0.25, -0.2) is 0 Å². The van der Waals surface area contributed by atoms with Crippen molar-refractivity contribution in [2.75, 3.05) is 7.05 Å². The van der Waals surface area contributed by atoms with Crippen LogP contribution >= 0.6 is 0 Å². The third-order valence-corrected chi connectivity index (χ3v) is 1.73. The molecule has 0 rings (SSSR count). The number of nitrogens with one attached hydrogen (secondary N) is 1. The van der Waals surface area contributed by atoms with Crippen LogP contribution in [0.15, 0.2) is 12.2 Å². The van der Waals surface area contributed by atoms with Gasteiger partial charge in [0.2, 0.25) is 0 Å². The average molecular weight is 141 g/mol. The van der Waals surface area contributed by atoms with E-state index in [0.29, 0.717) is 6.04 Å². The molecular formula is C9H19N. The minimum atomic E-state index is 0.652. The second-order valence-corrected chi connectivity index (χ2v) is 3.04. The Morgan fingerprint density at radius 2 is 2.20 bits per heavy atom. The maximum absolute atomic E-state index is 3.86. The summed E-state index contributed by atoms with van der Waals surface area (Å²) < 4.78 is 0. The quantitative estimate of drug-likeness (QED) is 0.579. The molecule has 0 aromatic rings. The van der Waals surface area contributed by atoms with E-state index in [1.165, 1.54) is 24.8 Å². The summed E-state index contributed by atoms with van der Waals surface area (Å²) in [5.74, 6) is 0. The lowest BCUT2D eigenvalue weighted by molar-refractivity contribution is 0.541. The van der Waals surface area contributed by atoms with E-state index in [-0.39, 0.29) is 0 Å². The molecule has 10 heavy (non-hydrogen) atoms. The predicted molar refractivity (Wildman–Crippen MR) is 47.2 cm³/mol. The van der Waals surface area contributed by atoms with E-state index < -0.39 is 0 Å². The van der Waals surface area contributed by atoms with Crippen molar-refractivity contribution in [2.45, 2.75) is 39.2 Å². The first-order valence-corrected chi connectivity index (χ1v) is 3.98. The fourth-order valence-corrected chi connectivity index (χ4v) is 0.854. The summed E-state index contributed by atoms with van der Waals surface area (Å²) >= 11 is 0. The van der Waals surface area contributed by atoms with Gasteiger partial charge in [-0.3, -0.25) is 0 Å². The topological polar surface area (TPSA) is 12.0 Å². The molecule has 0 bridgehead atoms. The molecule has 0 aliphatic carbocycles. The van der Waals surface area contributed by atoms with Crippen LogP contribution in [0.2, 0.25) is 0 Å². The van der Waals surface area contributed by atoms with Crippen LogP contribution in [0.4, 0.5) is 0 Å². The number of rotatable bonds is 5. The highest BCUT2D eigenvalue weighted by Crippen LogP contribution is 2.05. The summed E-state index contributed by atoms with van der Waals surface area (Å²) in [7, 11) is 2.01. The van der Waals surface area contributed by atoms with Crippen molar-refractivity contribution in [2.24, 2.45) is 0 Å². The van der Waals surface area contributed by atoms with E-state index >= 15 is 0 Å². The monoisotopic (exact) mass is 141 g/mol. The van der Waals surface area contributed by atoms with Crippen LogP contribution in [0.5, 0.6) is 0 Å². The van der Waals surface area contributed by atoms with Crippen LogP contribution in [0.3, 0.4) is 0 Å². The lowest BCUT2D eigenvalue weighted by Gasteiger charge is -2.08. The average Bonchev–Trinajstić information content (AvgIpc) is 1.87. The number of hydrogen-bond acceptors (Lipinski definition) is 1. The Morgan fingerprint density at radius 1 is 1.60 bits per heavy atom. The molecular weight excluding hydrogens is 122 g/mol. The maximum Gasteiger partial charge on any atom is 0.00358 e. The number of hydrogen-bond donors (Lipinski definition) is 1. The van der Waals surface area contributed by atoms with Crippen molar-refractivity contribution in [3.63, 3.8) is 0 Å². The SMILES string of the molecule is C=C(C)CCCC(C)NC. The van der Waals surface area contributed by atoms with Crippen molar-refractivity contribution in [1.29, 1.82) is 0 Å². The maximum atomic E-state index is 3.86. The Bertz CT molecular complexity index is 96.9. The molecule has 0 aromatic carbocycles. The van der Waals surface area contributed by atoms with E-state index in [2.05, 4.69) is 25.7 Å². The minimum absolute atomic E-state index is 0.652. The lowest BCUT2D eigenvalue weighted by atomic mass is 10.1. The predicted octanol–water partition coefficient (Wildman–Crippen LogP) is 2.34. The van der Waals surface area contributed by atoms with Crippen LogP contribution in [-0.2, 0) is 0 Å². The first-order valence-electron chi connectivity index (χ1n) is 3.98. The fraction of sp³-hybridized carbons (Fsp3) is 0.778. The van der Waals surface area contributed by atoms with Gasteiger partial charge in [-0.15, -0.1) is 6.58 Å². The van der Waals surface area contributed by atoms with Crippen LogP contribution < -0.4 is 5.32 Å². The van der Waals surface area contributed by atoms with E-state index in [0.717, 1.165) is 0 Å². The molecule has 0 aliphatic heterocycles. The fourth-order valence-electron chi connectivity index (χ4n) is 0.854. The van der Waals surface area contributed by atoms with Gasteiger partial charge in [0, 0.05) is 6.04 Å². The summed E-state index contributed by atoms with van der Waals surface area (Å²) in [5.41, 5.74) is 1.29. The van der Waals surface area contributed by atoms with E-state index in [9.17, 15) is 0 Å². The van der Waals surface area contributed by atoms with Gasteiger partial charge in [0.05, 0.1) is 0 Å². The summed E-state index contributed by atoms with van der Waals surface area (Å²) in [6, 6.07) is 0.652. The highest BCUT2D eigenvalue weighted by molar-refractivity contribution is 4.87. The summed E-state index contributed by atoms with van der Waals surface area (Å²) in [5, 5.41) is 3.21. The molecule has 1 unspecified atom stereocenters. The summed E-state index contributed by atoms with van der Waals surface area (Å²) in [6.45, 7) is 8.15. The second-order valence-electron chi connectivity index (χ2n) is 3.04. The Labute approximate surface area is 64.5 Å². The molecule has 0 saturated heterocycles. The third kappa shape index (κ3) is 5.83. The minimum Gasteiger partial charge on any atom is -0.317 e. The van der Waals surface area contributed by atoms with Gasteiger partial charge in [0.1, 0.15) is 0 Å². The first-order chi connectivity index (χ1) is 4.66. The highest BCUT2D eigenvalue weighted by atomic mass is 14.8. The van der Waals surface area contributed by atoms with Crippen LogP contribution in [-0.4, -0.2) is 13.1 Å². The van der Waals surface area contributed by atoms with Crippen LogP contribution in [0.1, 0.15) is 33.1 Å². The van der Waals surface area contributed by atoms with E-state index in [1.807, 2.05) is 7.05 Å². The van der Waals surface area contributed by atoms with Gasteiger partial charge in [0.25, 0.3) is 0 Å². The normalized spacial score (nSPS) is 13.1. The summed E-state index contributed by atoms with van der Waals surface area (Å²) in [4.78, 5) is 0. The zero-order chi connectivity index (χ0) is 7.98. The molecule has 0 amide bonds. The van der Waals surface area contributed by atoms with Gasteiger partial charge in [-0.1, -0.05) is 5.57 Å². The molecule has 1 N–H and O–H groups in total. The van der Waals surface area contributed by atoms with Crippen molar-refractivity contribution in [3.05, 3.63) is 12.2 Å². The Morgan fingerprint density at radius 3 is 2.60 bits per heavy atom. The zero-order valence-corrected chi connectivity index (χ0v) is 7.41. The van der Waals surface area contributed by atoms with Gasteiger partial charge in [-0.2, -0.15) is 0 Å². The molecule has 0 saturated carbocycles. The summed E-state index contributed by atoms with van der Waals surface area (Å²) in [6.07, 6.45) is 3.69. The molecule has 0 radical (unpaired) electrons. The van der Waals surface area contributed by atoms with Gasteiger partial charge >= 0.3 is 0 Å². The molecule has 0 aromatic heterocycles. The smallest absolute Gasteiger partial charge is 0.00358 e. The standard InChI is InChI=1S/C9H19N/c1-8(2)6-5-7-9(3)10-4/h9-10H,1,5-7H2,2-4H3. The Balaban J connectivity index is 3.11. The second kappa shape index (κ2) is 5.48. The Hall–Kier alpha value is -0.300. The molecule has 1 nitrogen and oxygen atoms in total. The molecule has 0 fully saturated rings. The lowest BCUT2D eigenvalue weighted by Crippen LogP contribution is -2.20. The van der Waals surface area contributed by atoms with Gasteiger partial charge in [-0.05, 0) is 40.2 Å². The molecule has 0 aliphatic rings. The number of allylic oxidation sites excluding steroid dienone is 1. The molecule has 0 spiro atoms. The molecule has 1 atom stereocenters. The molecule has 60 valence electrons. The molecule has 1 heteroatoms. The van der Waals surface area contributed by atoms with Crippen LogP contribution in [0, 0.1) is 0 Å². The van der Waals surface area contributed by atoms with Crippen molar-refractivity contribution >= 4 is 0 Å². The van der Waals surface area contributed by atoms with Gasteiger partial charge < -0.3 is 5.32 Å². The third-order valence-electron chi connectivity index (χ3n) is 1.73. The largest absolute Gasteiger partial charge is 0.317 e. The van der Waals surface area contributed by atoms with Crippen molar-refractivity contribution in [3.8, 4) is 0 Å². The zero-order valence-electron chi connectivity index (χ0n) is 7.41. The van der Waals surface area contributed by atoms with Crippen molar-refractivity contribution in [1.82, 2.24) is 5.32 Å². The van der Waals surface area contributed by atoms with Gasteiger partial charge in [0.15, 0.2) is 0 Å². The highest BCUT2D eigenvalue weighted by Gasteiger charge is 1.96.